The molecule has 0 aliphatic heterocycles. The van der Waals surface area contributed by atoms with Gasteiger partial charge in [0.1, 0.15) is 12.6 Å². The molecule has 1 amide bonds. The Morgan fingerprint density at radius 2 is 1.96 bits per heavy atom. The number of nitrogens with zero attached hydrogens (tertiary/aromatic N) is 2. The third-order valence-corrected chi connectivity index (χ3v) is 4.04. The maximum Gasteiger partial charge on any atom is 0.408 e. The Morgan fingerprint density at radius 1 is 1.28 bits per heavy atom. The number of aliphatic carboxylic acids is 1. The topological polar surface area (TPSA) is 93.5 Å². The quantitative estimate of drug-likeness (QED) is 0.804. The van der Waals surface area contributed by atoms with Gasteiger partial charge in [0.15, 0.2) is 0 Å². The highest BCUT2D eigenvalue weighted by Gasteiger charge is 2.23. The smallest absolute Gasteiger partial charge is 0.408 e. The number of carbonyl (C=O) groups is 2. The lowest BCUT2D eigenvalue weighted by Gasteiger charge is -2.16. The summed E-state index contributed by atoms with van der Waals surface area (Å²) in [4.78, 5) is 23.4. The molecule has 0 spiro atoms. The van der Waals surface area contributed by atoms with Gasteiger partial charge >= 0.3 is 12.1 Å². The minimum absolute atomic E-state index is 0.0441. The lowest BCUT2D eigenvalue weighted by molar-refractivity contribution is -0.139. The molecule has 0 radical (unpaired) electrons. The molecule has 0 aliphatic rings. The number of carboxylic acids is 1. The fourth-order valence-corrected chi connectivity index (χ4v) is 2.69. The summed E-state index contributed by atoms with van der Waals surface area (Å²) in [5.74, 6) is -1.14. The number of hydrogen-bond acceptors (Lipinski definition) is 4. The Morgan fingerprint density at radius 3 is 2.52 bits per heavy atom. The molecule has 1 aromatic heterocycles. The number of rotatable bonds is 7. The largest absolute Gasteiger partial charge is 0.480 e. The molecule has 134 valence electrons. The van der Waals surface area contributed by atoms with Crippen LogP contribution in [0.25, 0.3) is 0 Å². The molecule has 1 unspecified atom stereocenters. The van der Waals surface area contributed by atoms with Crippen molar-refractivity contribution in [2.24, 2.45) is 0 Å². The van der Waals surface area contributed by atoms with Gasteiger partial charge in [-0.3, -0.25) is 4.68 Å². The molecular formula is C18H23N3O4. The molecule has 0 saturated carbocycles. The van der Waals surface area contributed by atoms with Gasteiger partial charge in [0.25, 0.3) is 0 Å². The van der Waals surface area contributed by atoms with Crippen LogP contribution in [-0.2, 0) is 29.1 Å². The van der Waals surface area contributed by atoms with Crippen molar-refractivity contribution in [3.63, 3.8) is 0 Å². The van der Waals surface area contributed by atoms with Crippen LogP contribution in [0.4, 0.5) is 4.79 Å². The number of hydrogen-bond donors (Lipinski definition) is 2. The first-order valence-corrected chi connectivity index (χ1v) is 8.15. The van der Waals surface area contributed by atoms with Crippen molar-refractivity contribution in [2.45, 2.75) is 46.4 Å². The van der Waals surface area contributed by atoms with Crippen molar-refractivity contribution in [3.8, 4) is 0 Å². The maximum absolute atomic E-state index is 11.9. The SMILES string of the molecule is CCc1c(C)nn(CC(NC(=O)OCc2ccccc2)C(=O)O)c1C. The van der Waals surface area contributed by atoms with Crippen LogP contribution in [-0.4, -0.2) is 33.0 Å². The van der Waals surface area contributed by atoms with Gasteiger partial charge in [0.05, 0.1) is 12.2 Å². The van der Waals surface area contributed by atoms with Crippen LogP contribution in [0.2, 0.25) is 0 Å². The summed E-state index contributed by atoms with van der Waals surface area (Å²) < 4.78 is 6.70. The molecule has 0 bridgehead atoms. The van der Waals surface area contributed by atoms with E-state index < -0.39 is 18.1 Å². The summed E-state index contributed by atoms with van der Waals surface area (Å²) in [5, 5.41) is 16.1. The van der Waals surface area contributed by atoms with Crippen molar-refractivity contribution in [1.29, 1.82) is 0 Å². The molecule has 7 heteroatoms. The van der Waals surface area contributed by atoms with Crippen molar-refractivity contribution in [2.75, 3.05) is 0 Å². The molecule has 25 heavy (non-hydrogen) atoms. The van der Waals surface area contributed by atoms with E-state index in [2.05, 4.69) is 10.4 Å². The molecule has 1 atom stereocenters. The monoisotopic (exact) mass is 345 g/mol. The lowest BCUT2D eigenvalue weighted by Crippen LogP contribution is -2.44. The number of benzene rings is 1. The Balaban J connectivity index is 1.99. The van der Waals surface area contributed by atoms with Gasteiger partial charge in [-0.2, -0.15) is 5.10 Å². The van der Waals surface area contributed by atoms with Gasteiger partial charge in [-0.15, -0.1) is 0 Å². The normalized spacial score (nSPS) is 11.8. The zero-order valence-electron chi connectivity index (χ0n) is 14.7. The van der Waals surface area contributed by atoms with Crippen molar-refractivity contribution in [3.05, 3.63) is 52.8 Å². The fourth-order valence-electron chi connectivity index (χ4n) is 2.69. The van der Waals surface area contributed by atoms with E-state index in [0.29, 0.717) is 0 Å². The summed E-state index contributed by atoms with van der Waals surface area (Å²) in [5.41, 5.74) is 3.70. The molecule has 0 fully saturated rings. The van der Waals surface area contributed by atoms with Crippen LogP contribution < -0.4 is 5.32 Å². The van der Waals surface area contributed by atoms with Crippen LogP contribution in [0.15, 0.2) is 30.3 Å². The second-order valence-corrected chi connectivity index (χ2v) is 5.78. The first-order chi connectivity index (χ1) is 11.9. The standard InChI is InChI=1S/C18H23N3O4/c1-4-15-12(2)20-21(13(15)3)10-16(17(22)23)19-18(24)25-11-14-8-6-5-7-9-14/h5-9,16H,4,10-11H2,1-3H3,(H,19,24)(H,22,23). The summed E-state index contributed by atoms with van der Waals surface area (Å²) >= 11 is 0. The summed E-state index contributed by atoms with van der Waals surface area (Å²) in [7, 11) is 0. The first-order valence-electron chi connectivity index (χ1n) is 8.15. The van der Waals surface area contributed by atoms with Crippen LogP contribution in [0.1, 0.15) is 29.4 Å². The van der Waals surface area contributed by atoms with Gasteiger partial charge in [-0.05, 0) is 31.4 Å². The highest BCUT2D eigenvalue weighted by atomic mass is 16.5. The van der Waals surface area contributed by atoms with Crippen LogP contribution in [0, 0.1) is 13.8 Å². The number of amides is 1. The Kier molecular flexibility index (Phi) is 6.16. The van der Waals surface area contributed by atoms with Crippen molar-refractivity contribution < 1.29 is 19.4 Å². The van der Waals surface area contributed by atoms with Crippen molar-refractivity contribution in [1.82, 2.24) is 15.1 Å². The molecule has 2 rings (SSSR count). The Labute approximate surface area is 146 Å². The number of alkyl carbamates (subject to hydrolysis) is 1. The zero-order valence-corrected chi connectivity index (χ0v) is 14.7. The van der Waals surface area contributed by atoms with Crippen LogP contribution >= 0.6 is 0 Å². The predicted molar refractivity (Wildman–Crippen MR) is 92.3 cm³/mol. The second kappa shape index (κ2) is 8.32. The maximum atomic E-state index is 11.9. The Bertz CT molecular complexity index is 740. The van der Waals surface area contributed by atoms with Gasteiger partial charge in [-0.1, -0.05) is 37.3 Å². The number of carboxylic acid groups (broad SMARTS) is 1. The average Bonchev–Trinajstić information content (AvgIpc) is 2.86. The molecule has 1 heterocycles. The van der Waals surface area contributed by atoms with Gasteiger partial charge in [0.2, 0.25) is 0 Å². The zero-order chi connectivity index (χ0) is 18.4. The van der Waals surface area contributed by atoms with E-state index in [4.69, 9.17) is 4.74 Å². The van der Waals surface area contributed by atoms with Gasteiger partial charge in [0, 0.05) is 5.69 Å². The number of nitrogens with one attached hydrogen (secondary N) is 1. The number of ether oxygens (including phenoxy) is 1. The molecule has 2 N–H and O–H groups in total. The third-order valence-electron chi connectivity index (χ3n) is 4.04. The van der Waals surface area contributed by atoms with Crippen molar-refractivity contribution >= 4 is 12.1 Å². The average molecular weight is 345 g/mol. The van der Waals surface area contributed by atoms with E-state index in [9.17, 15) is 14.7 Å². The minimum Gasteiger partial charge on any atom is -0.480 e. The van der Waals surface area contributed by atoms with E-state index in [-0.39, 0.29) is 13.2 Å². The molecule has 0 saturated heterocycles. The summed E-state index contributed by atoms with van der Waals surface area (Å²) in [6.07, 6.45) is 0.0515. The highest BCUT2D eigenvalue weighted by Crippen LogP contribution is 2.14. The lowest BCUT2D eigenvalue weighted by atomic mass is 10.1. The van der Waals surface area contributed by atoms with E-state index >= 15 is 0 Å². The van der Waals surface area contributed by atoms with Crippen LogP contribution in [0.3, 0.4) is 0 Å². The first kappa shape index (κ1) is 18.5. The predicted octanol–water partition coefficient (Wildman–Crippen LogP) is 2.44. The van der Waals surface area contributed by atoms with Gasteiger partial charge in [-0.25, -0.2) is 9.59 Å². The Hall–Kier alpha value is -2.83. The van der Waals surface area contributed by atoms with E-state index in [0.717, 1.165) is 28.9 Å². The number of aromatic nitrogens is 2. The minimum atomic E-state index is -1.14. The molecule has 1 aromatic carbocycles. The third kappa shape index (κ3) is 4.82. The summed E-state index contributed by atoms with van der Waals surface area (Å²) in [6, 6.07) is 8.07. The van der Waals surface area contributed by atoms with E-state index in [1.54, 1.807) is 4.68 Å². The molecule has 7 nitrogen and oxygen atoms in total. The highest BCUT2D eigenvalue weighted by molar-refractivity contribution is 5.79. The number of aryl methyl sites for hydroxylation is 1. The molecule has 2 aromatic rings. The molecular weight excluding hydrogens is 322 g/mol. The van der Waals surface area contributed by atoms with E-state index in [1.165, 1.54) is 0 Å². The summed E-state index contributed by atoms with van der Waals surface area (Å²) in [6.45, 7) is 5.93. The van der Waals surface area contributed by atoms with Gasteiger partial charge < -0.3 is 15.2 Å². The van der Waals surface area contributed by atoms with Crippen LogP contribution in [0.5, 0.6) is 0 Å². The number of carbonyl (C=O) groups excluding carboxylic acids is 1. The van der Waals surface area contributed by atoms with E-state index in [1.807, 2.05) is 51.1 Å². The second-order valence-electron chi connectivity index (χ2n) is 5.78. The molecule has 0 aliphatic carbocycles. The fraction of sp³-hybridized carbons (Fsp3) is 0.389.